The lowest BCUT2D eigenvalue weighted by atomic mass is 9.66. The zero-order valence-corrected chi connectivity index (χ0v) is 24.5. The zero-order chi connectivity index (χ0) is 29.0. The summed E-state index contributed by atoms with van der Waals surface area (Å²) in [5.74, 6) is 1.79. The summed E-state index contributed by atoms with van der Waals surface area (Å²) in [7, 11) is 0. The Kier molecular flexibility index (Phi) is 8.21. The van der Waals surface area contributed by atoms with Crippen LogP contribution in [0.1, 0.15) is 44.5 Å². The van der Waals surface area contributed by atoms with E-state index in [0.717, 1.165) is 33.8 Å². The van der Waals surface area contributed by atoms with Crippen LogP contribution in [0.2, 0.25) is 0 Å². The number of aryl methyl sites for hydroxylation is 4. The van der Waals surface area contributed by atoms with E-state index in [4.69, 9.17) is 18.9 Å². The van der Waals surface area contributed by atoms with Gasteiger partial charge in [-0.15, -0.1) is 0 Å². The zero-order valence-electron chi connectivity index (χ0n) is 24.5. The van der Waals surface area contributed by atoms with E-state index >= 15 is 0 Å². The van der Waals surface area contributed by atoms with E-state index in [-0.39, 0.29) is 0 Å². The first-order valence-electron chi connectivity index (χ1n) is 14.1. The number of hydrogen-bond acceptors (Lipinski definition) is 4. The second kappa shape index (κ2) is 12.0. The lowest BCUT2D eigenvalue weighted by molar-refractivity contribution is 0.178. The van der Waals surface area contributed by atoms with Gasteiger partial charge in [0.2, 0.25) is 0 Å². The van der Waals surface area contributed by atoms with Crippen molar-refractivity contribution < 1.29 is 18.9 Å². The molecule has 0 aromatic heterocycles. The molecule has 0 unspecified atom stereocenters. The first-order valence-corrected chi connectivity index (χ1v) is 14.1. The van der Waals surface area contributed by atoms with Crippen molar-refractivity contribution in [2.24, 2.45) is 0 Å². The van der Waals surface area contributed by atoms with Crippen LogP contribution < -0.4 is 9.47 Å². The third-order valence-corrected chi connectivity index (χ3v) is 7.87. The quantitative estimate of drug-likeness (QED) is 0.116. The van der Waals surface area contributed by atoms with Crippen LogP contribution in [0.5, 0.6) is 11.5 Å². The van der Waals surface area contributed by atoms with Crippen LogP contribution in [0.25, 0.3) is 11.1 Å². The summed E-state index contributed by atoms with van der Waals surface area (Å²) in [5.41, 5.74) is 11.4. The molecule has 0 spiro atoms. The molecule has 4 nitrogen and oxygen atoms in total. The fraction of sp³-hybridized carbons (Fsp3) is 0.243. The van der Waals surface area contributed by atoms with Crippen molar-refractivity contribution in [1.29, 1.82) is 0 Å². The van der Waals surface area contributed by atoms with Crippen LogP contribution in [0.15, 0.2) is 98.5 Å². The van der Waals surface area contributed by atoms with Crippen LogP contribution in [0, 0.1) is 27.7 Å². The van der Waals surface area contributed by atoms with Crippen molar-refractivity contribution in [3.63, 3.8) is 0 Å². The Morgan fingerprint density at radius 3 is 1.29 bits per heavy atom. The SMILES string of the molecule is C=COCCOc1c(C)cc(C2(c3cc(C)c(OCCOC=C)c(C)c3)c3ccccc3-c3ccccc32)cc1C. The molecule has 41 heavy (non-hydrogen) atoms. The Bertz CT molecular complexity index is 1420. The van der Waals surface area contributed by atoms with E-state index in [1.165, 1.54) is 45.9 Å². The molecule has 4 aromatic rings. The molecule has 0 heterocycles. The average molecular weight is 547 g/mol. The Morgan fingerprint density at radius 2 is 0.927 bits per heavy atom. The van der Waals surface area contributed by atoms with Gasteiger partial charge in [0.1, 0.15) is 37.9 Å². The van der Waals surface area contributed by atoms with Gasteiger partial charge in [-0.05, 0) is 83.3 Å². The van der Waals surface area contributed by atoms with E-state index in [1.807, 2.05) is 0 Å². The van der Waals surface area contributed by atoms with E-state index in [9.17, 15) is 0 Å². The largest absolute Gasteiger partial charge is 0.498 e. The number of benzene rings is 4. The lowest BCUT2D eigenvalue weighted by Gasteiger charge is -2.35. The molecule has 0 N–H and O–H groups in total. The van der Waals surface area contributed by atoms with Crippen LogP contribution in [-0.4, -0.2) is 26.4 Å². The third kappa shape index (κ3) is 4.99. The van der Waals surface area contributed by atoms with Crippen molar-refractivity contribution in [2.75, 3.05) is 26.4 Å². The topological polar surface area (TPSA) is 36.9 Å². The second-order valence-corrected chi connectivity index (χ2v) is 10.5. The minimum atomic E-state index is -0.507. The van der Waals surface area contributed by atoms with Gasteiger partial charge < -0.3 is 18.9 Å². The van der Waals surface area contributed by atoms with Gasteiger partial charge >= 0.3 is 0 Å². The van der Waals surface area contributed by atoms with E-state index in [2.05, 4.69) is 114 Å². The van der Waals surface area contributed by atoms with Crippen molar-refractivity contribution >= 4 is 0 Å². The fourth-order valence-corrected chi connectivity index (χ4v) is 6.36. The number of hydrogen-bond donors (Lipinski definition) is 0. The minimum absolute atomic E-state index is 0.460. The summed E-state index contributed by atoms with van der Waals surface area (Å²) in [6, 6.07) is 26.7. The standard InChI is InChI=1S/C37H38O4/c1-7-38-17-19-40-35-25(3)21-29(22-26(35)4)37(30-23-27(5)36(28(6)24-30)41-20-18-39-8-2)33-15-11-9-13-31(33)32-14-10-12-16-34(32)37/h7-16,21-24H,1-2,17-20H2,3-6H3. The molecule has 0 aliphatic heterocycles. The first kappa shape index (κ1) is 28.1. The first-order chi connectivity index (χ1) is 19.9. The smallest absolute Gasteiger partial charge is 0.125 e. The molecule has 0 bridgehead atoms. The van der Waals surface area contributed by atoms with Crippen LogP contribution in [0.3, 0.4) is 0 Å². The minimum Gasteiger partial charge on any atom is -0.498 e. The fourth-order valence-electron chi connectivity index (χ4n) is 6.36. The molecule has 0 amide bonds. The molecule has 1 aliphatic carbocycles. The predicted octanol–water partition coefficient (Wildman–Crippen LogP) is 8.36. The van der Waals surface area contributed by atoms with E-state index < -0.39 is 5.41 Å². The van der Waals surface area contributed by atoms with E-state index in [1.54, 1.807) is 0 Å². The second-order valence-electron chi connectivity index (χ2n) is 10.5. The van der Waals surface area contributed by atoms with Crippen molar-refractivity contribution in [3.8, 4) is 22.6 Å². The molecule has 1 aliphatic rings. The molecule has 0 fully saturated rings. The Labute approximate surface area is 243 Å². The number of ether oxygens (including phenoxy) is 4. The average Bonchev–Trinajstić information content (AvgIpc) is 3.27. The van der Waals surface area contributed by atoms with Crippen LogP contribution >= 0.6 is 0 Å². The van der Waals surface area contributed by atoms with Gasteiger partial charge in [0, 0.05) is 0 Å². The van der Waals surface area contributed by atoms with Crippen molar-refractivity contribution in [3.05, 3.63) is 143 Å². The van der Waals surface area contributed by atoms with Gasteiger partial charge in [-0.1, -0.05) is 86.0 Å². The molecule has 4 aromatic carbocycles. The maximum Gasteiger partial charge on any atom is 0.125 e. The summed E-state index contributed by atoms with van der Waals surface area (Å²) < 4.78 is 22.9. The van der Waals surface area contributed by atoms with Gasteiger partial charge in [0.25, 0.3) is 0 Å². The Balaban J connectivity index is 1.72. The Morgan fingerprint density at radius 1 is 0.561 bits per heavy atom. The van der Waals surface area contributed by atoms with Gasteiger partial charge in [-0.2, -0.15) is 0 Å². The summed E-state index contributed by atoms with van der Waals surface area (Å²) >= 11 is 0. The molecule has 4 heteroatoms. The van der Waals surface area contributed by atoms with Crippen molar-refractivity contribution in [2.45, 2.75) is 33.1 Å². The van der Waals surface area contributed by atoms with E-state index in [0.29, 0.717) is 26.4 Å². The summed E-state index contributed by atoms with van der Waals surface area (Å²) in [6.07, 6.45) is 2.89. The maximum absolute atomic E-state index is 6.17. The van der Waals surface area contributed by atoms with Crippen molar-refractivity contribution in [1.82, 2.24) is 0 Å². The van der Waals surface area contributed by atoms with Crippen LogP contribution in [0.4, 0.5) is 0 Å². The molecular weight excluding hydrogens is 508 g/mol. The monoisotopic (exact) mass is 546 g/mol. The summed E-state index contributed by atoms with van der Waals surface area (Å²) in [6.45, 7) is 17.6. The molecule has 0 saturated heterocycles. The highest BCUT2D eigenvalue weighted by Crippen LogP contribution is 2.57. The van der Waals surface area contributed by atoms with Crippen LogP contribution in [-0.2, 0) is 14.9 Å². The highest BCUT2D eigenvalue weighted by atomic mass is 16.5. The molecule has 0 radical (unpaired) electrons. The lowest BCUT2D eigenvalue weighted by Crippen LogP contribution is -2.29. The number of rotatable bonds is 12. The van der Waals surface area contributed by atoms with Gasteiger partial charge in [0.05, 0.1) is 17.9 Å². The molecule has 5 rings (SSSR count). The summed E-state index contributed by atoms with van der Waals surface area (Å²) in [4.78, 5) is 0. The summed E-state index contributed by atoms with van der Waals surface area (Å²) in [5, 5.41) is 0. The Hall–Kier alpha value is -4.44. The van der Waals surface area contributed by atoms with Gasteiger partial charge in [0.15, 0.2) is 0 Å². The predicted molar refractivity (Wildman–Crippen MR) is 166 cm³/mol. The molecular formula is C37H38O4. The molecule has 210 valence electrons. The van der Waals surface area contributed by atoms with Gasteiger partial charge in [-0.25, -0.2) is 0 Å². The maximum atomic E-state index is 6.17. The van der Waals surface area contributed by atoms with Gasteiger partial charge in [-0.3, -0.25) is 0 Å². The number of fused-ring (bicyclic) bond motifs is 3. The highest BCUT2D eigenvalue weighted by Gasteiger charge is 2.46. The normalized spacial score (nSPS) is 12.7. The molecule has 0 atom stereocenters. The highest BCUT2D eigenvalue weighted by molar-refractivity contribution is 5.86. The molecule has 0 saturated carbocycles. The third-order valence-electron chi connectivity index (χ3n) is 7.87.